The molecule has 0 N–H and O–H groups in total. The van der Waals surface area contributed by atoms with Crippen molar-refractivity contribution in [2.75, 3.05) is 0 Å². The van der Waals surface area contributed by atoms with Gasteiger partial charge in [-0.15, -0.1) is 0 Å². The Morgan fingerprint density at radius 2 is 1.60 bits per heavy atom. The van der Waals surface area contributed by atoms with Crippen molar-refractivity contribution in [1.82, 2.24) is 9.97 Å². The molecule has 2 aromatic heterocycles. The van der Waals surface area contributed by atoms with E-state index in [9.17, 15) is 0 Å². The van der Waals surface area contributed by atoms with E-state index in [4.69, 9.17) is 18.8 Å². The van der Waals surface area contributed by atoms with Crippen molar-refractivity contribution in [3.63, 3.8) is 0 Å². The Hall–Kier alpha value is -0.432. The fraction of sp³-hybridized carbons (Fsp3) is 0.333. The minimum atomic E-state index is -0.472. The van der Waals surface area contributed by atoms with Gasteiger partial charge >= 0.3 is 35.3 Å². The second-order valence-corrected chi connectivity index (χ2v) is 8.19. The summed E-state index contributed by atoms with van der Waals surface area (Å²) >= 11 is -0.472. The number of rotatable bonds is 3. The van der Waals surface area contributed by atoms with Crippen LogP contribution in [0.2, 0.25) is 0 Å². The van der Waals surface area contributed by atoms with E-state index < -0.39 is 16.5 Å². The minimum absolute atomic E-state index is 0.472. The van der Waals surface area contributed by atoms with Gasteiger partial charge in [0.2, 0.25) is 0 Å². The van der Waals surface area contributed by atoms with Crippen LogP contribution in [0.4, 0.5) is 0 Å². The van der Waals surface area contributed by atoms with Gasteiger partial charge in [-0.25, -0.2) is 0 Å². The summed E-state index contributed by atoms with van der Waals surface area (Å²) in [7, 11) is 9.75. The van der Waals surface area contributed by atoms with Crippen LogP contribution >= 0.6 is 18.8 Å². The van der Waals surface area contributed by atoms with Crippen molar-refractivity contribution in [2.45, 2.75) is 27.2 Å². The van der Waals surface area contributed by atoms with Gasteiger partial charge in [-0.3, -0.25) is 9.97 Å². The summed E-state index contributed by atoms with van der Waals surface area (Å²) in [5.41, 5.74) is 4.46. The summed E-state index contributed by atoms with van der Waals surface area (Å²) in [6, 6.07) is 8.30. The van der Waals surface area contributed by atoms with E-state index in [0.29, 0.717) is 5.92 Å². The van der Waals surface area contributed by atoms with Crippen LogP contribution in [0.5, 0.6) is 0 Å². The number of aryl methyl sites for hydroxylation is 1. The van der Waals surface area contributed by atoms with Crippen molar-refractivity contribution in [1.29, 1.82) is 0 Å². The average molecular weight is 492 g/mol. The summed E-state index contributed by atoms with van der Waals surface area (Å²) in [6.07, 6.45) is 4.79. The van der Waals surface area contributed by atoms with E-state index in [1.165, 1.54) is 11.1 Å². The average Bonchev–Trinajstić information content (AvgIpc) is 2.39. The quantitative estimate of drug-likeness (QED) is 0.601. The Kier molecular flexibility index (Phi) is 8.36. The van der Waals surface area contributed by atoms with Crippen LogP contribution in [0.1, 0.15) is 25.0 Å². The van der Waals surface area contributed by atoms with E-state index in [1.807, 2.05) is 18.5 Å². The fourth-order valence-electron chi connectivity index (χ4n) is 1.89. The molecule has 20 heavy (non-hydrogen) atoms. The van der Waals surface area contributed by atoms with Crippen molar-refractivity contribution < 1.29 is 16.5 Å². The first-order chi connectivity index (χ1) is 9.56. The van der Waals surface area contributed by atoms with Gasteiger partial charge in [0.1, 0.15) is 0 Å². The first-order valence-corrected chi connectivity index (χ1v) is 11.9. The molecule has 0 aromatic carbocycles. The Morgan fingerprint density at radius 3 is 2.15 bits per heavy atom. The predicted octanol–water partition coefficient (Wildman–Crippen LogP) is 5.03. The Labute approximate surface area is 137 Å². The van der Waals surface area contributed by atoms with Gasteiger partial charge in [0, 0.05) is 12.4 Å². The number of pyridine rings is 2. The van der Waals surface area contributed by atoms with E-state index in [0.717, 1.165) is 17.8 Å². The van der Waals surface area contributed by atoms with Gasteiger partial charge in [0.05, 0.1) is 11.4 Å². The molecule has 2 nitrogen and oxygen atoms in total. The molecule has 5 heteroatoms. The summed E-state index contributed by atoms with van der Waals surface area (Å²) in [5, 5.41) is 0. The maximum atomic E-state index is 4.88. The molecule has 0 aliphatic carbocycles. The van der Waals surface area contributed by atoms with E-state index >= 15 is 0 Å². The van der Waals surface area contributed by atoms with Gasteiger partial charge in [0.15, 0.2) is 0 Å². The van der Waals surface area contributed by atoms with Crippen LogP contribution in [0.15, 0.2) is 36.7 Å². The first-order valence-electron chi connectivity index (χ1n) is 6.27. The summed E-state index contributed by atoms with van der Waals surface area (Å²) in [5.74, 6) is 0.663. The Bertz CT molecular complexity index is 533. The van der Waals surface area contributed by atoms with E-state index in [1.54, 1.807) is 0 Å². The Balaban J connectivity index is 0.000000612. The third-order valence-electron chi connectivity index (χ3n) is 2.65. The second kappa shape index (κ2) is 9.49. The van der Waals surface area contributed by atoms with Crippen molar-refractivity contribution in [3.8, 4) is 11.4 Å². The number of aromatic nitrogens is 2. The molecule has 0 bridgehead atoms. The zero-order chi connectivity index (χ0) is 15.0. The molecular weight excluding hydrogens is 474 g/mol. The molecule has 112 valence electrons. The summed E-state index contributed by atoms with van der Waals surface area (Å²) in [4.78, 5) is 8.76. The molecule has 0 fully saturated rings. The third-order valence-corrected chi connectivity index (χ3v) is 2.65. The van der Waals surface area contributed by atoms with Gasteiger partial charge in [-0.1, -0.05) is 13.8 Å². The normalized spacial score (nSPS) is 10.3. The van der Waals surface area contributed by atoms with Crippen LogP contribution in [-0.2, 0) is 22.9 Å². The van der Waals surface area contributed by atoms with Gasteiger partial charge < -0.3 is 0 Å². The van der Waals surface area contributed by atoms with Crippen LogP contribution in [0.3, 0.4) is 0 Å². The van der Waals surface area contributed by atoms with Crippen molar-refractivity contribution in [2.24, 2.45) is 5.92 Å². The zero-order valence-electron chi connectivity index (χ0n) is 11.7. The van der Waals surface area contributed by atoms with Crippen molar-refractivity contribution >= 4 is 18.8 Å². The Morgan fingerprint density at radius 1 is 1.05 bits per heavy atom. The predicted molar refractivity (Wildman–Crippen MR) is 82.5 cm³/mol. The molecular formula is C15H18Cl2N2Pt. The molecule has 0 radical (unpaired) electrons. The molecule has 0 spiro atoms. The third kappa shape index (κ3) is 6.35. The molecule has 2 aromatic rings. The molecule has 2 heterocycles. The number of hydrogen-bond donors (Lipinski definition) is 0. The topological polar surface area (TPSA) is 25.8 Å². The van der Waals surface area contributed by atoms with Crippen LogP contribution in [0, 0.1) is 12.8 Å². The molecule has 0 aliphatic rings. The number of halogens is 2. The SMILES string of the molecule is Cc1ccnc(-c2cc(CC(C)C)ccn2)c1.[Cl][Pt][Cl]. The number of nitrogens with zero attached hydrogens (tertiary/aromatic N) is 2. The molecule has 0 aliphatic heterocycles. The van der Waals surface area contributed by atoms with Gasteiger partial charge in [-0.05, 0) is 54.7 Å². The van der Waals surface area contributed by atoms with Crippen LogP contribution in [0.25, 0.3) is 11.4 Å². The van der Waals surface area contributed by atoms with E-state index in [-0.39, 0.29) is 0 Å². The maximum absolute atomic E-state index is 4.88. The van der Waals surface area contributed by atoms with E-state index in [2.05, 4.69) is 48.9 Å². The van der Waals surface area contributed by atoms with Gasteiger partial charge in [0.25, 0.3) is 0 Å². The van der Waals surface area contributed by atoms with Gasteiger partial charge in [-0.2, -0.15) is 0 Å². The zero-order valence-corrected chi connectivity index (χ0v) is 15.5. The second-order valence-electron chi connectivity index (χ2n) is 4.91. The molecule has 0 unspecified atom stereocenters. The van der Waals surface area contributed by atoms with Crippen molar-refractivity contribution in [3.05, 3.63) is 47.8 Å². The molecule has 2 rings (SSSR count). The molecule has 0 saturated carbocycles. The molecule has 0 saturated heterocycles. The molecule has 0 atom stereocenters. The van der Waals surface area contributed by atoms with Crippen LogP contribution < -0.4 is 0 Å². The summed E-state index contributed by atoms with van der Waals surface area (Å²) < 4.78 is 0. The molecule has 0 amide bonds. The summed E-state index contributed by atoms with van der Waals surface area (Å²) in [6.45, 7) is 6.53. The standard InChI is InChI=1S/C15H18N2.2ClH.Pt/c1-11(2)8-13-5-7-17-15(10-13)14-9-12(3)4-6-16-14;;;/h4-7,9-11H,8H2,1-3H3;2*1H;/q;;;+2/p-2. The number of hydrogen-bond acceptors (Lipinski definition) is 2. The monoisotopic (exact) mass is 491 g/mol. The fourth-order valence-corrected chi connectivity index (χ4v) is 1.89. The van der Waals surface area contributed by atoms with Crippen LogP contribution in [-0.4, -0.2) is 9.97 Å². The first kappa shape index (κ1) is 17.6.